The van der Waals surface area contributed by atoms with Gasteiger partial charge in [0.15, 0.2) is 11.5 Å². The molecular formula is C11H12O4. The summed E-state index contributed by atoms with van der Waals surface area (Å²) >= 11 is 0. The molecule has 0 aromatic carbocycles. The average Bonchev–Trinajstić information content (AvgIpc) is 2.19. The van der Waals surface area contributed by atoms with Gasteiger partial charge < -0.3 is 4.74 Å². The zero-order chi connectivity index (χ0) is 11.6. The summed E-state index contributed by atoms with van der Waals surface area (Å²) in [5.74, 6) is -1.44. The molecule has 0 saturated heterocycles. The van der Waals surface area contributed by atoms with E-state index in [0.29, 0.717) is 0 Å². The van der Waals surface area contributed by atoms with Gasteiger partial charge in [-0.05, 0) is 13.0 Å². The Kier molecular flexibility index (Phi) is 3.19. The van der Waals surface area contributed by atoms with Gasteiger partial charge in [0.05, 0.1) is 7.11 Å². The van der Waals surface area contributed by atoms with Gasteiger partial charge in [0.2, 0.25) is 5.78 Å². The summed E-state index contributed by atoms with van der Waals surface area (Å²) < 4.78 is 4.77. The SMILES string of the molecule is COC1=CC(=O)C=C(C(C)C(C)=O)C1=O. The molecule has 0 spiro atoms. The summed E-state index contributed by atoms with van der Waals surface area (Å²) in [4.78, 5) is 34.0. The normalized spacial score (nSPS) is 18.1. The highest BCUT2D eigenvalue weighted by Gasteiger charge is 2.28. The van der Waals surface area contributed by atoms with Gasteiger partial charge in [-0.3, -0.25) is 14.4 Å². The lowest BCUT2D eigenvalue weighted by Gasteiger charge is -2.15. The first-order valence-electron chi connectivity index (χ1n) is 4.53. The van der Waals surface area contributed by atoms with Crippen molar-refractivity contribution in [1.29, 1.82) is 0 Å². The zero-order valence-corrected chi connectivity index (χ0v) is 8.87. The molecule has 4 nitrogen and oxygen atoms in total. The molecule has 0 saturated carbocycles. The van der Waals surface area contributed by atoms with Crippen molar-refractivity contribution in [1.82, 2.24) is 0 Å². The maximum absolute atomic E-state index is 11.7. The molecule has 0 fully saturated rings. The number of carbonyl (C=O) groups is 3. The predicted molar refractivity (Wildman–Crippen MR) is 53.0 cm³/mol. The monoisotopic (exact) mass is 208 g/mol. The van der Waals surface area contributed by atoms with Gasteiger partial charge in [0, 0.05) is 17.6 Å². The van der Waals surface area contributed by atoms with Crippen LogP contribution in [0.2, 0.25) is 0 Å². The second-order valence-electron chi connectivity index (χ2n) is 3.38. The summed E-state index contributed by atoms with van der Waals surface area (Å²) in [6, 6.07) is 0. The van der Waals surface area contributed by atoms with Gasteiger partial charge in [-0.1, -0.05) is 6.92 Å². The molecule has 1 unspecified atom stereocenters. The van der Waals surface area contributed by atoms with E-state index in [0.717, 1.165) is 6.08 Å². The summed E-state index contributed by atoms with van der Waals surface area (Å²) in [6.07, 6.45) is 2.32. The van der Waals surface area contributed by atoms with Crippen LogP contribution in [-0.4, -0.2) is 24.5 Å². The summed E-state index contributed by atoms with van der Waals surface area (Å²) in [7, 11) is 1.32. The second kappa shape index (κ2) is 4.21. The van der Waals surface area contributed by atoms with Crippen LogP contribution in [0.25, 0.3) is 0 Å². The van der Waals surface area contributed by atoms with Gasteiger partial charge in [0.1, 0.15) is 5.78 Å². The summed E-state index contributed by atoms with van der Waals surface area (Å²) in [5.41, 5.74) is 0.201. The Morgan fingerprint density at radius 3 is 2.40 bits per heavy atom. The highest BCUT2D eigenvalue weighted by molar-refractivity contribution is 6.21. The van der Waals surface area contributed by atoms with Crippen LogP contribution in [0.1, 0.15) is 13.8 Å². The lowest BCUT2D eigenvalue weighted by Crippen LogP contribution is -2.23. The Morgan fingerprint density at radius 1 is 1.33 bits per heavy atom. The number of carbonyl (C=O) groups excluding carboxylic acids is 3. The van der Waals surface area contributed by atoms with E-state index in [2.05, 4.69) is 0 Å². The lowest BCUT2D eigenvalue weighted by atomic mass is 9.89. The van der Waals surface area contributed by atoms with Gasteiger partial charge in [-0.2, -0.15) is 0 Å². The third-order valence-corrected chi connectivity index (χ3v) is 2.35. The molecular weight excluding hydrogens is 196 g/mol. The van der Waals surface area contributed by atoms with E-state index in [4.69, 9.17) is 4.74 Å². The molecule has 1 atom stereocenters. The summed E-state index contributed by atoms with van der Waals surface area (Å²) in [5, 5.41) is 0. The number of ketones is 3. The Hall–Kier alpha value is -1.71. The largest absolute Gasteiger partial charge is 0.493 e. The van der Waals surface area contributed by atoms with E-state index in [1.54, 1.807) is 6.92 Å². The standard InChI is InChI=1S/C11H12O4/c1-6(7(2)12)9-4-8(13)5-10(15-3)11(9)14/h4-6H,1-3H3. The maximum atomic E-state index is 11.7. The quantitative estimate of drug-likeness (QED) is 0.644. The van der Waals surface area contributed by atoms with Crippen LogP contribution in [0.3, 0.4) is 0 Å². The van der Waals surface area contributed by atoms with Crippen molar-refractivity contribution in [2.75, 3.05) is 7.11 Å². The predicted octanol–water partition coefficient (Wildman–Crippen LogP) is 0.820. The van der Waals surface area contributed by atoms with E-state index >= 15 is 0 Å². The minimum absolute atomic E-state index is 0.00870. The molecule has 0 aromatic heterocycles. The number of methoxy groups -OCH3 is 1. The first kappa shape index (κ1) is 11.4. The Bertz CT molecular complexity index is 387. The number of Topliss-reactive ketones (excluding diaryl/α,β-unsaturated/α-hetero) is 2. The smallest absolute Gasteiger partial charge is 0.224 e. The van der Waals surface area contributed by atoms with Crippen LogP contribution in [0.5, 0.6) is 0 Å². The van der Waals surface area contributed by atoms with Crippen molar-refractivity contribution >= 4 is 17.3 Å². The number of hydrogen-bond acceptors (Lipinski definition) is 4. The van der Waals surface area contributed by atoms with E-state index in [1.165, 1.54) is 20.1 Å². The van der Waals surface area contributed by atoms with Crippen LogP contribution in [0.15, 0.2) is 23.5 Å². The maximum Gasteiger partial charge on any atom is 0.224 e. The second-order valence-corrected chi connectivity index (χ2v) is 3.38. The third-order valence-electron chi connectivity index (χ3n) is 2.35. The van der Waals surface area contributed by atoms with Crippen molar-refractivity contribution in [3.05, 3.63) is 23.5 Å². The molecule has 15 heavy (non-hydrogen) atoms. The molecule has 80 valence electrons. The van der Waals surface area contributed by atoms with Crippen LogP contribution in [-0.2, 0) is 19.1 Å². The summed E-state index contributed by atoms with van der Waals surface area (Å²) in [6.45, 7) is 2.98. The Labute approximate surface area is 87.6 Å². The molecule has 0 amide bonds. The van der Waals surface area contributed by atoms with Crippen molar-refractivity contribution < 1.29 is 19.1 Å². The molecule has 0 aromatic rings. The fourth-order valence-corrected chi connectivity index (χ4v) is 1.29. The molecule has 0 aliphatic heterocycles. The molecule has 1 rings (SSSR count). The Balaban J connectivity index is 3.06. The highest BCUT2D eigenvalue weighted by Crippen LogP contribution is 2.21. The number of hydrogen-bond donors (Lipinski definition) is 0. The molecule has 0 N–H and O–H groups in total. The van der Waals surface area contributed by atoms with E-state index in [1.807, 2.05) is 0 Å². The number of allylic oxidation sites excluding steroid dienone is 3. The van der Waals surface area contributed by atoms with Crippen LogP contribution in [0, 0.1) is 5.92 Å². The lowest BCUT2D eigenvalue weighted by molar-refractivity contribution is -0.122. The van der Waals surface area contributed by atoms with Crippen molar-refractivity contribution in [2.24, 2.45) is 5.92 Å². The van der Waals surface area contributed by atoms with Crippen molar-refractivity contribution in [3.8, 4) is 0 Å². The first-order valence-corrected chi connectivity index (χ1v) is 4.53. The fourth-order valence-electron chi connectivity index (χ4n) is 1.29. The van der Waals surface area contributed by atoms with E-state index in [-0.39, 0.29) is 28.7 Å². The number of ether oxygens (including phenoxy) is 1. The Morgan fingerprint density at radius 2 is 1.93 bits per heavy atom. The van der Waals surface area contributed by atoms with Gasteiger partial charge in [0.25, 0.3) is 0 Å². The molecule has 4 heteroatoms. The van der Waals surface area contributed by atoms with Gasteiger partial charge >= 0.3 is 0 Å². The fraction of sp³-hybridized carbons (Fsp3) is 0.364. The third kappa shape index (κ3) is 2.21. The van der Waals surface area contributed by atoms with E-state index in [9.17, 15) is 14.4 Å². The first-order chi connectivity index (χ1) is 6.97. The molecule has 0 heterocycles. The average molecular weight is 208 g/mol. The van der Waals surface area contributed by atoms with Crippen molar-refractivity contribution in [3.63, 3.8) is 0 Å². The topological polar surface area (TPSA) is 60.4 Å². The molecule has 1 aliphatic rings. The highest BCUT2D eigenvalue weighted by atomic mass is 16.5. The van der Waals surface area contributed by atoms with Crippen LogP contribution in [0.4, 0.5) is 0 Å². The molecule has 0 radical (unpaired) electrons. The van der Waals surface area contributed by atoms with Crippen LogP contribution >= 0.6 is 0 Å². The molecule has 1 aliphatic carbocycles. The van der Waals surface area contributed by atoms with Crippen LogP contribution < -0.4 is 0 Å². The minimum atomic E-state index is -0.569. The minimum Gasteiger partial charge on any atom is -0.493 e. The van der Waals surface area contributed by atoms with Gasteiger partial charge in [-0.25, -0.2) is 0 Å². The van der Waals surface area contributed by atoms with Gasteiger partial charge in [-0.15, -0.1) is 0 Å². The molecule has 0 bridgehead atoms. The van der Waals surface area contributed by atoms with Crippen molar-refractivity contribution in [2.45, 2.75) is 13.8 Å². The zero-order valence-electron chi connectivity index (χ0n) is 8.87. The van der Waals surface area contributed by atoms with E-state index < -0.39 is 5.92 Å². The number of rotatable bonds is 3.